The molecule has 1 aliphatic heterocycles. The molecule has 4 heterocycles. The van der Waals surface area contributed by atoms with Crippen molar-refractivity contribution in [1.82, 2.24) is 24.6 Å². The minimum atomic E-state index is 0.223. The Morgan fingerprint density at radius 1 is 1.20 bits per heavy atom. The van der Waals surface area contributed by atoms with E-state index in [9.17, 15) is 4.79 Å². The molecule has 0 bridgehead atoms. The summed E-state index contributed by atoms with van der Waals surface area (Å²) in [6.07, 6.45) is 8.28. The zero-order valence-electron chi connectivity index (χ0n) is 16.4. The number of benzene rings is 1. The third kappa shape index (κ3) is 3.91. The maximum atomic E-state index is 12.3. The first-order chi connectivity index (χ1) is 14.8. The zero-order valence-corrected chi connectivity index (χ0v) is 17.2. The van der Waals surface area contributed by atoms with Gasteiger partial charge in [-0.1, -0.05) is 11.2 Å². The van der Waals surface area contributed by atoms with Crippen LogP contribution in [0.3, 0.4) is 0 Å². The monoisotopic (exact) mass is 419 g/mol. The molecule has 0 aliphatic carbocycles. The van der Waals surface area contributed by atoms with E-state index < -0.39 is 0 Å². The van der Waals surface area contributed by atoms with Crippen molar-refractivity contribution in [2.24, 2.45) is 0 Å². The van der Waals surface area contributed by atoms with Crippen molar-refractivity contribution in [3.8, 4) is 11.4 Å². The van der Waals surface area contributed by atoms with E-state index >= 15 is 0 Å². The average molecular weight is 420 g/mol. The van der Waals surface area contributed by atoms with Crippen molar-refractivity contribution < 1.29 is 9.32 Å². The summed E-state index contributed by atoms with van der Waals surface area (Å²) in [5.74, 6) is 1.21. The third-order valence-electron chi connectivity index (χ3n) is 5.28. The van der Waals surface area contributed by atoms with Gasteiger partial charge in [-0.25, -0.2) is 4.98 Å². The molecule has 152 valence electrons. The number of rotatable bonds is 6. The third-order valence-corrected chi connectivity index (χ3v) is 6.12. The van der Waals surface area contributed by atoms with Crippen LogP contribution in [0.25, 0.3) is 34.6 Å². The summed E-state index contributed by atoms with van der Waals surface area (Å²) in [6.45, 7) is 2.41. The lowest BCUT2D eigenvalue weighted by atomic mass is 10.2. The minimum absolute atomic E-state index is 0.223. The highest BCUT2D eigenvalue weighted by Crippen LogP contribution is 2.23. The second-order valence-corrected chi connectivity index (χ2v) is 8.26. The summed E-state index contributed by atoms with van der Waals surface area (Å²) in [5, 5.41) is 6.11. The molecule has 0 N–H and O–H groups in total. The topological polar surface area (TPSA) is 77.0 Å². The van der Waals surface area contributed by atoms with Gasteiger partial charge in [0.1, 0.15) is 0 Å². The van der Waals surface area contributed by atoms with E-state index in [-0.39, 0.29) is 5.91 Å². The Hall–Kier alpha value is -3.26. The van der Waals surface area contributed by atoms with Crippen LogP contribution in [0.5, 0.6) is 0 Å². The first-order valence-electron chi connectivity index (χ1n) is 10.0. The van der Waals surface area contributed by atoms with Gasteiger partial charge in [0, 0.05) is 42.6 Å². The van der Waals surface area contributed by atoms with Gasteiger partial charge >= 0.3 is 0 Å². The highest BCUT2D eigenvalue weighted by atomic mass is 32.1. The molecule has 1 aliphatic rings. The number of fused-ring (bicyclic) bond motifs is 1. The molecule has 1 amide bonds. The first kappa shape index (κ1) is 18.7. The van der Waals surface area contributed by atoms with E-state index in [0.29, 0.717) is 24.7 Å². The Morgan fingerprint density at radius 2 is 2.10 bits per heavy atom. The van der Waals surface area contributed by atoms with Gasteiger partial charge in [-0.05, 0) is 48.6 Å². The van der Waals surface area contributed by atoms with Crippen molar-refractivity contribution in [2.45, 2.75) is 25.8 Å². The van der Waals surface area contributed by atoms with Crippen LogP contribution in [0.15, 0.2) is 46.6 Å². The van der Waals surface area contributed by atoms with E-state index in [0.717, 1.165) is 47.4 Å². The molecule has 8 heteroatoms. The molecular formula is C22H21N5O2S. The number of aromatic nitrogens is 4. The molecule has 0 saturated carbocycles. The molecule has 1 saturated heterocycles. The van der Waals surface area contributed by atoms with Crippen molar-refractivity contribution >= 4 is 40.4 Å². The molecule has 30 heavy (non-hydrogen) atoms. The van der Waals surface area contributed by atoms with Crippen LogP contribution in [0.1, 0.15) is 30.0 Å². The largest absolute Gasteiger partial charge is 0.343 e. The highest BCUT2D eigenvalue weighted by Gasteiger charge is 2.18. The number of carbonyl (C=O) groups is 1. The Balaban J connectivity index is 1.29. The van der Waals surface area contributed by atoms with Gasteiger partial charge in [0.25, 0.3) is 5.89 Å². The Kier molecular flexibility index (Phi) is 5.15. The Bertz CT molecular complexity index is 1190. The second-order valence-electron chi connectivity index (χ2n) is 7.28. The number of thiophene rings is 1. The van der Waals surface area contributed by atoms with Crippen molar-refractivity contribution in [1.29, 1.82) is 0 Å². The summed E-state index contributed by atoms with van der Waals surface area (Å²) >= 11 is 1.65. The molecule has 4 aromatic rings. The van der Waals surface area contributed by atoms with Crippen molar-refractivity contribution in [3.63, 3.8) is 0 Å². The first-order valence-corrected chi connectivity index (χ1v) is 10.9. The van der Waals surface area contributed by atoms with Gasteiger partial charge in [-0.3, -0.25) is 4.79 Å². The van der Waals surface area contributed by atoms with Crippen LogP contribution >= 0.6 is 11.3 Å². The fourth-order valence-electron chi connectivity index (χ4n) is 3.68. The molecule has 1 fully saturated rings. The SMILES string of the molecule is O=C(CCn1cnc2cc(-c3noc(/C=C/c4cccs4)n3)ccc21)N1CCCC1. The maximum Gasteiger partial charge on any atom is 0.250 e. The number of hydrogen-bond donors (Lipinski definition) is 0. The van der Waals surface area contributed by atoms with Gasteiger partial charge < -0.3 is 14.0 Å². The number of nitrogens with zero attached hydrogens (tertiary/aromatic N) is 5. The van der Waals surface area contributed by atoms with Gasteiger partial charge in [-0.2, -0.15) is 4.98 Å². The standard InChI is InChI=1S/C22H21N5O2S/c28-21(26-10-1-2-11-26)9-12-27-15-23-18-14-16(5-7-19(18)27)22-24-20(29-25-22)8-6-17-4-3-13-30-17/h3-8,13-15H,1-2,9-12H2/b8-6+. The van der Waals surface area contributed by atoms with Crippen LogP contribution in [0, 0.1) is 0 Å². The number of likely N-dealkylation sites (tertiary alicyclic amines) is 1. The predicted octanol–water partition coefficient (Wildman–Crippen LogP) is 4.33. The lowest BCUT2D eigenvalue weighted by Gasteiger charge is -2.15. The van der Waals surface area contributed by atoms with Gasteiger partial charge in [-0.15, -0.1) is 11.3 Å². The minimum Gasteiger partial charge on any atom is -0.343 e. The molecule has 0 atom stereocenters. The average Bonchev–Trinajstić information content (AvgIpc) is 3.56. The van der Waals surface area contributed by atoms with Crippen molar-refractivity contribution in [3.05, 3.63) is 52.8 Å². The fourth-order valence-corrected chi connectivity index (χ4v) is 4.30. The van der Waals surface area contributed by atoms with Crippen LogP contribution in [0.4, 0.5) is 0 Å². The van der Waals surface area contributed by atoms with Crippen LogP contribution in [-0.4, -0.2) is 43.6 Å². The number of carbonyl (C=O) groups excluding carboxylic acids is 1. The quantitative estimate of drug-likeness (QED) is 0.465. The van der Waals surface area contributed by atoms with E-state index in [2.05, 4.69) is 15.1 Å². The summed E-state index contributed by atoms with van der Waals surface area (Å²) in [7, 11) is 0. The van der Waals surface area contributed by atoms with Crippen LogP contribution < -0.4 is 0 Å². The number of aryl methyl sites for hydroxylation is 1. The van der Waals surface area contributed by atoms with E-state index in [1.807, 2.05) is 57.3 Å². The number of hydrogen-bond acceptors (Lipinski definition) is 6. The maximum absolute atomic E-state index is 12.3. The molecule has 5 rings (SSSR count). The number of amides is 1. The highest BCUT2D eigenvalue weighted by molar-refractivity contribution is 7.10. The fraction of sp³-hybridized carbons (Fsp3) is 0.273. The predicted molar refractivity (Wildman–Crippen MR) is 117 cm³/mol. The van der Waals surface area contributed by atoms with Crippen LogP contribution in [0.2, 0.25) is 0 Å². The normalized spacial score (nSPS) is 14.3. The molecular weight excluding hydrogens is 398 g/mol. The van der Waals surface area contributed by atoms with Gasteiger partial charge in [0.2, 0.25) is 11.7 Å². The summed E-state index contributed by atoms with van der Waals surface area (Å²) < 4.78 is 7.36. The Morgan fingerprint density at radius 3 is 2.93 bits per heavy atom. The van der Waals surface area contributed by atoms with Gasteiger partial charge in [0.15, 0.2) is 0 Å². The lowest BCUT2D eigenvalue weighted by Crippen LogP contribution is -2.28. The molecule has 7 nitrogen and oxygen atoms in total. The van der Waals surface area contributed by atoms with E-state index in [1.54, 1.807) is 17.7 Å². The summed E-state index contributed by atoms with van der Waals surface area (Å²) in [4.78, 5) is 24.3. The second kappa shape index (κ2) is 8.23. The summed E-state index contributed by atoms with van der Waals surface area (Å²) in [5.41, 5.74) is 2.69. The molecule has 3 aromatic heterocycles. The van der Waals surface area contributed by atoms with Crippen molar-refractivity contribution in [2.75, 3.05) is 13.1 Å². The summed E-state index contributed by atoms with van der Waals surface area (Å²) in [6, 6.07) is 9.93. The zero-order chi connectivity index (χ0) is 20.3. The molecule has 0 unspecified atom stereocenters. The molecule has 0 spiro atoms. The smallest absolute Gasteiger partial charge is 0.250 e. The lowest BCUT2D eigenvalue weighted by molar-refractivity contribution is -0.130. The van der Waals surface area contributed by atoms with Gasteiger partial charge in [0.05, 0.1) is 17.4 Å². The van der Waals surface area contributed by atoms with E-state index in [4.69, 9.17) is 4.52 Å². The molecule has 0 radical (unpaired) electrons. The number of imidazole rings is 1. The Labute approximate surface area is 177 Å². The van der Waals surface area contributed by atoms with E-state index in [1.165, 1.54) is 0 Å². The van der Waals surface area contributed by atoms with Crippen LogP contribution in [-0.2, 0) is 11.3 Å². The molecule has 1 aromatic carbocycles.